The maximum absolute atomic E-state index is 16.6. The SMILES string of the molecule is C=CC(=O)N1CC(C)N2c3nc(=O)n(-c4c(C)ccnc4C(C)C)c4nc(-c5c(O)cccc5F)c(F)c(c34)SCC2C1. The molecule has 6 rings (SSSR count). The Hall–Kier alpha value is -4.32. The number of fused-ring (bicyclic) bond motifs is 2. The second kappa shape index (κ2) is 10.7. The van der Waals surface area contributed by atoms with E-state index in [1.54, 1.807) is 17.2 Å². The summed E-state index contributed by atoms with van der Waals surface area (Å²) in [6, 6.07) is 4.87. The molecule has 3 aromatic heterocycles. The normalized spacial score (nSPS) is 18.1. The van der Waals surface area contributed by atoms with Crippen molar-refractivity contribution in [2.24, 2.45) is 0 Å². The maximum Gasteiger partial charge on any atom is 0.355 e. The molecule has 1 amide bonds. The number of aryl methyl sites for hydroxylation is 1. The number of piperazine rings is 1. The third-order valence-electron chi connectivity index (χ3n) is 7.99. The fraction of sp³-hybridized carbons (Fsp3) is 0.323. The van der Waals surface area contributed by atoms with E-state index in [2.05, 4.69) is 21.5 Å². The summed E-state index contributed by atoms with van der Waals surface area (Å²) in [5, 5.41) is 10.9. The molecule has 1 aromatic carbocycles. The van der Waals surface area contributed by atoms with Gasteiger partial charge < -0.3 is 14.9 Å². The quantitative estimate of drug-likeness (QED) is 0.326. The van der Waals surface area contributed by atoms with Gasteiger partial charge in [0.1, 0.15) is 23.1 Å². The number of thioether (sulfide) groups is 1. The van der Waals surface area contributed by atoms with Crippen molar-refractivity contribution in [3.8, 4) is 22.7 Å². The number of halogens is 2. The topological polar surface area (TPSA) is 104 Å². The number of anilines is 1. The van der Waals surface area contributed by atoms with E-state index in [4.69, 9.17) is 0 Å². The minimum Gasteiger partial charge on any atom is -0.507 e. The smallest absolute Gasteiger partial charge is 0.355 e. The summed E-state index contributed by atoms with van der Waals surface area (Å²) in [5.41, 5.74) is 0.413. The van der Waals surface area contributed by atoms with Gasteiger partial charge in [-0.25, -0.2) is 23.1 Å². The van der Waals surface area contributed by atoms with E-state index >= 15 is 8.78 Å². The highest BCUT2D eigenvalue weighted by Gasteiger charge is 2.40. The molecule has 9 nitrogen and oxygen atoms in total. The molecule has 5 heterocycles. The number of aromatic hydroxyl groups is 1. The van der Waals surface area contributed by atoms with Crippen LogP contribution in [0.15, 0.2) is 52.8 Å². The summed E-state index contributed by atoms with van der Waals surface area (Å²) in [6.45, 7) is 11.9. The average molecular weight is 605 g/mol. The molecule has 12 heteroatoms. The average Bonchev–Trinajstić information content (AvgIpc) is 3.13. The standard InChI is InChI=1S/C31H30F2N6O3S/c1-6-21(41)37-12-17(5)38-18(13-37)14-43-28-23-29(35-26(24(28)33)22-19(32)8-7-9-20(22)40)39(31(42)36-30(23)38)27-16(4)10-11-34-25(27)15(2)3/h6-11,15,17-18,40H,1,12-14H2,2-5H3. The molecule has 1 N–H and O–H groups in total. The zero-order valence-electron chi connectivity index (χ0n) is 24.1. The van der Waals surface area contributed by atoms with Gasteiger partial charge in [0.25, 0.3) is 0 Å². The van der Waals surface area contributed by atoms with Gasteiger partial charge in [-0.1, -0.05) is 26.5 Å². The minimum absolute atomic E-state index is 0.0759. The maximum atomic E-state index is 16.6. The molecule has 2 unspecified atom stereocenters. The number of phenolic OH excluding ortho intramolecular Hbond substituents is 1. The first-order valence-corrected chi connectivity index (χ1v) is 14.9. The van der Waals surface area contributed by atoms with Gasteiger partial charge in [-0.2, -0.15) is 4.98 Å². The lowest BCUT2D eigenvalue weighted by atomic mass is 10.0. The summed E-state index contributed by atoms with van der Waals surface area (Å²) < 4.78 is 33.1. The molecule has 4 aromatic rings. The molecule has 0 aliphatic carbocycles. The summed E-state index contributed by atoms with van der Waals surface area (Å²) >= 11 is 1.19. The lowest BCUT2D eigenvalue weighted by molar-refractivity contribution is -0.127. The van der Waals surface area contributed by atoms with Crippen molar-refractivity contribution in [2.75, 3.05) is 23.7 Å². The van der Waals surface area contributed by atoms with Crippen LogP contribution in [0.3, 0.4) is 0 Å². The van der Waals surface area contributed by atoms with Crippen molar-refractivity contribution < 1.29 is 18.7 Å². The van der Waals surface area contributed by atoms with Crippen LogP contribution in [0.25, 0.3) is 28.0 Å². The Morgan fingerprint density at radius 3 is 2.67 bits per heavy atom. The number of aromatic nitrogens is 4. The first-order valence-electron chi connectivity index (χ1n) is 14.0. The summed E-state index contributed by atoms with van der Waals surface area (Å²) in [4.78, 5) is 44.2. The van der Waals surface area contributed by atoms with Crippen molar-refractivity contribution in [1.29, 1.82) is 0 Å². The number of nitrogens with zero attached hydrogens (tertiary/aromatic N) is 6. The van der Waals surface area contributed by atoms with Crippen LogP contribution in [0.5, 0.6) is 5.75 Å². The first-order chi connectivity index (χ1) is 20.5. The van der Waals surface area contributed by atoms with Crippen molar-refractivity contribution in [1.82, 2.24) is 24.4 Å². The van der Waals surface area contributed by atoms with Crippen molar-refractivity contribution in [3.63, 3.8) is 0 Å². The zero-order valence-corrected chi connectivity index (χ0v) is 25.0. The van der Waals surface area contributed by atoms with Crippen LogP contribution >= 0.6 is 11.8 Å². The van der Waals surface area contributed by atoms with Crippen molar-refractivity contribution in [2.45, 2.75) is 50.6 Å². The lowest BCUT2D eigenvalue weighted by Gasteiger charge is -2.45. The Balaban J connectivity index is 1.73. The van der Waals surface area contributed by atoms with Gasteiger partial charge >= 0.3 is 5.69 Å². The van der Waals surface area contributed by atoms with Gasteiger partial charge in [-0.15, -0.1) is 11.8 Å². The van der Waals surface area contributed by atoms with E-state index < -0.39 is 34.3 Å². The van der Waals surface area contributed by atoms with Crippen LogP contribution < -0.4 is 10.6 Å². The van der Waals surface area contributed by atoms with Crippen LogP contribution in [-0.4, -0.2) is 66.4 Å². The molecule has 0 radical (unpaired) electrons. The molecular formula is C31H30F2N6O3S. The molecule has 0 bridgehead atoms. The fourth-order valence-corrected chi connectivity index (χ4v) is 7.26. The molecular weight excluding hydrogens is 574 g/mol. The molecule has 2 aliphatic rings. The molecule has 2 atom stereocenters. The number of pyridine rings is 2. The summed E-state index contributed by atoms with van der Waals surface area (Å²) in [6.07, 6.45) is 2.92. The third kappa shape index (κ3) is 4.55. The van der Waals surface area contributed by atoms with E-state index in [1.807, 2.05) is 32.6 Å². The Kier molecular flexibility index (Phi) is 7.19. The monoisotopic (exact) mass is 604 g/mol. The minimum atomic E-state index is -0.857. The molecule has 222 valence electrons. The van der Waals surface area contributed by atoms with Crippen LogP contribution in [0.4, 0.5) is 14.6 Å². The van der Waals surface area contributed by atoms with E-state index in [9.17, 15) is 14.7 Å². The number of benzene rings is 1. The number of carbonyl (C=O) groups excluding carboxylic acids is 1. The number of phenols is 1. The van der Waals surface area contributed by atoms with Gasteiger partial charge in [-0.05, 0) is 49.6 Å². The van der Waals surface area contributed by atoms with Crippen LogP contribution in [0.1, 0.15) is 37.9 Å². The predicted octanol–water partition coefficient (Wildman–Crippen LogP) is 4.96. The number of rotatable bonds is 4. The van der Waals surface area contributed by atoms with Crippen LogP contribution in [0.2, 0.25) is 0 Å². The van der Waals surface area contributed by atoms with E-state index in [0.717, 1.165) is 11.6 Å². The number of carbonyl (C=O) groups is 1. The van der Waals surface area contributed by atoms with Gasteiger partial charge in [0, 0.05) is 31.1 Å². The summed E-state index contributed by atoms with van der Waals surface area (Å²) in [7, 11) is 0. The Labute approximate surface area is 250 Å². The molecule has 43 heavy (non-hydrogen) atoms. The highest BCUT2D eigenvalue weighted by Crippen LogP contribution is 2.45. The Morgan fingerprint density at radius 1 is 1.21 bits per heavy atom. The second-order valence-electron chi connectivity index (χ2n) is 11.2. The predicted molar refractivity (Wildman–Crippen MR) is 162 cm³/mol. The largest absolute Gasteiger partial charge is 0.507 e. The molecule has 1 fully saturated rings. The highest BCUT2D eigenvalue weighted by atomic mass is 32.2. The number of hydrogen-bond donors (Lipinski definition) is 1. The molecule has 1 saturated heterocycles. The second-order valence-corrected chi connectivity index (χ2v) is 12.2. The highest BCUT2D eigenvalue weighted by molar-refractivity contribution is 7.99. The van der Waals surface area contributed by atoms with Gasteiger partial charge in [0.05, 0.1) is 33.3 Å². The number of amides is 1. The van der Waals surface area contributed by atoms with Crippen LogP contribution in [-0.2, 0) is 4.79 Å². The van der Waals surface area contributed by atoms with Crippen molar-refractivity contribution in [3.05, 3.63) is 76.5 Å². The number of hydrogen-bond acceptors (Lipinski definition) is 8. The molecule has 0 spiro atoms. The Morgan fingerprint density at radius 2 is 1.98 bits per heavy atom. The van der Waals surface area contributed by atoms with Gasteiger partial charge in [-0.3, -0.25) is 9.78 Å². The fourth-order valence-electron chi connectivity index (χ4n) is 6.09. The summed E-state index contributed by atoms with van der Waals surface area (Å²) in [5.74, 6) is -1.87. The Bertz CT molecular complexity index is 1860. The molecule has 2 aliphatic heterocycles. The van der Waals surface area contributed by atoms with E-state index in [1.165, 1.54) is 34.5 Å². The first kappa shape index (κ1) is 28.8. The van der Waals surface area contributed by atoms with Gasteiger partial charge in [0.2, 0.25) is 5.91 Å². The lowest BCUT2D eigenvalue weighted by Crippen LogP contribution is -2.60. The van der Waals surface area contributed by atoms with Gasteiger partial charge in [0.15, 0.2) is 11.5 Å². The van der Waals surface area contributed by atoms with Crippen LogP contribution in [0, 0.1) is 18.6 Å². The van der Waals surface area contributed by atoms with E-state index in [-0.39, 0.29) is 40.3 Å². The van der Waals surface area contributed by atoms with Crippen molar-refractivity contribution >= 4 is 34.5 Å². The third-order valence-corrected chi connectivity index (χ3v) is 9.22. The van der Waals surface area contributed by atoms with E-state index in [0.29, 0.717) is 35.6 Å². The zero-order chi connectivity index (χ0) is 30.7. The molecule has 0 saturated carbocycles.